The maximum Gasteiger partial charge on any atom is 0.323 e. The second-order valence-corrected chi connectivity index (χ2v) is 10.3. The molecule has 0 spiro atoms. The molecule has 0 fully saturated rings. The summed E-state index contributed by atoms with van der Waals surface area (Å²) in [6, 6.07) is 56.3. The number of hydrogen-bond donors (Lipinski definition) is 2. The minimum atomic E-state index is -1.20. The van der Waals surface area contributed by atoms with Crippen molar-refractivity contribution in [3.05, 3.63) is 215 Å². The number of carboxylic acid groups (broad SMARTS) is 2. The summed E-state index contributed by atoms with van der Waals surface area (Å²) in [4.78, 5) is 24.8. The molecule has 0 aliphatic carbocycles. The molecule has 0 saturated heterocycles. The van der Waals surface area contributed by atoms with Crippen LogP contribution in [0.3, 0.4) is 0 Å². The van der Waals surface area contributed by atoms with E-state index < -0.39 is 22.8 Å². The van der Waals surface area contributed by atoms with Crippen LogP contribution in [0.25, 0.3) is 0 Å². The molecule has 2 N–H and O–H groups in total. The van der Waals surface area contributed by atoms with E-state index >= 15 is 0 Å². The van der Waals surface area contributed by atoms with Gasteiger partial charge in [-0.15, -0.1) is 0 Å². The van der Waals surface area contributed by atoms with Gasteiger partial charge in [-0.2, -0.15) is 0 Å². The molecule has 45 heavy (non-hydrogen) atoms. The summed E-state index contributed by atoms with van der Waals surface area (Å²) < 4.78 is 0. The summed E-state index contributed by atoms with van der Waals surface area (Å²) in [5.41, 5.74) is 2.09. The molecule has 0 atom stereocenters. The number of hydrogen-bond acceptors (Lipinski definition) is 2. The average molecular weight is 680 g/mol. The van der Waals surface area contributed by atoms with E-state index in [1.807, 2.05) is 182 Å². The van der Waals surface area contributed by atoms with Gasteiger partial charge < -0.3 is 10.2 Å². The van der Waals surface area contributed by atoms with E-state index in [9.17, 15) is 19.8 Å². The van der Waals surface area contributed by atoms with Gasteiger partial charge in [0, 0.05) is 19.5 Å². The molecule has 0 heterocycles. The first-order valence-electron chi connectivity index (χ1n) is 14.3. The van der Waals surface area contributed by atoms with Crippen molar-refractivity contribution in [2.24, 2.45) is 0 Å². The first kappa shape index (κ1) is 32.8. The number of aliphatic carboxylic acids is 2. The molecule has 0 bridgehead atoms. The summed E-state index contributed by atoms with van der Waals surface area (Å²) >= 11 is 0. The van der Waals surface area contributed by atoms with E-state index in [4.69, 9.17) is 0 Å². The van der Waals surface area contributed by atoms with E-state index in [2.05, 4.69) is 0 Å². The minimum absolute atomic E-state index is 0. The molecule has 6 rings (SSSR count). The molecule has 0 aromatic heterocycles. The molecule has 0 saturated carbocycles. The van der Waals surface area contributed by atoms with E-state index in [1.54, 1.807) is 0 Å². The molecular weight excluding hydrogens is 647 g/mol. The Bertz CT molecular complexity index is 1450. The van der Waals surface area contributed by atoms with Crippen molar-refractivity contribution in [1.82, 2.24) is 0 Å². The third-order valence-electron chi connectivity index (χ3n) is 7.88. The quantitative estimate of drug-likeness (QED) is 0.126. The van der Waals surface area contributed by atoms with Crippen LogP contribution in [0.2, 0.25) is 0 Å². The molecular formula is C40H32O4Rh. The predicted molar refractivity (Wildman–Crippen MR) is 174 cm³/mol. The largest absolute Gasteiger partial charge is 0.480 e. The van der Waals surface area contributed by atoms with E-state index in [-0.39, 0.29) is 19.5 Å². The van der Waals surface area contributed by atoms with Gasteiger partial charge in [-0.1, -0.05) is 182 Å². The molecule has 0 aliphatic rings. The van der Waals surface area contributed by atoms with Gasteiger partial charge >= 0.3 is 11.9 Å². The van der Waals surface area contributed by atoms with E-state index in [0.717, 1.165) is 33.4 Å². The van der Waals surface area contributed by atoms with Crippen molar-refractivity contribution in [3.8, 4) is 0 Å². The van der Waals surface area contributed by atoms with Crippen LogP contribution < -0.4 is 0 Å². The van der Waals surface area contributed by atoms with Crippen molar-refractivity contribution in [2.45, 2.75) is 10.8 Å². The van der Waals surface area contributed by atoms with Crippen LogP contribution in [0.1, 0.15) is 33.4 Å². The van der Waals surface area contributed by atoms with Crippen molar-refractivity contribution < 1.29 is 39.3 Å². The second-order valence-electron chi connectivity index (χ2n) is 10.3. The Morgan fingerprint density at radius 1 is 0.311 bits per heavy atom. The van der Waals surface area contributed by atoms with Gasteiger partial charge in [0.15, 0.2) is 0 Å². The zero-order chi connectivity index (χ0) is 30.8. The van der Waals surface area contributed by atoms with E-state index in [1.165, 1.54) is 0 Å². The fourth-order valence-electron chi connectivity index (χ4n) is 5.87. The molecule has 4 nitrogen and oxygen atoms in total. The zero-order valence-electron chi connectivity index (χ0n) is 24.4. The molecule has 6 aromatic carbocycles. The van der Waals surface area contributed by atoms with Crippen LogP contribution in [-0.2, 0) is 39.9 Å². The van der Waals surface area contributed by atoms with Crippen LogP contribution in [0, 0.1) is 0 Å². The molecule has 0 aliphatic heterocycles. The number of carboxylic acids is 2. The van der Waals surface area contributed by atoms with Gasteiger partial charge in [-0.3, -0.25) is 9.59 Å². The summed E-state index contributed by atoms with van der Waals surface area (Å²) in [7, 11) is 0. The second kappa shape index (κ2) is 15.1. The van der Waals surface area contributed by atoms with Crippen molar-refractivity contribution in [1.29, 1.82) is 0 Å². The monoisotopic (exact) mass is 679 g/mol. The van der Waals surface area contributed by atoms with E-state index in [0.29, 0.717) is 0 Å². The Morgan fingerprint density at radius 2 is 0.444 bits per heavy atom. The van der Waals surface area contributed by atoms with Gasteiger partial charge in [-0.05, 0) is 33.4 Å². The maximum absolute atomic E-state index is 12.4. The predicted octanol–water partition coefficient (Wildman–Crippen LogP) is 8.21. The molecule has 0 amide bonds. The Labute approximate surface area is 276 Å². The van der Waals surface area contributed by atoms with Crippen molar-refractivity contribution in [3.63, 3.8) is 0 Å². The zero-order valence-corrected chi connectivity index (χ0v) is 26.0. The van der Waals surface area contributed by atoms with Crippen molar-refractivity contribution >= 4 is 11.9 Å². The van der Waals surface area contributed by atoms with Gasteiger partial charge in [-0.25, -0.2) is 0 Å². The van der Waals surface area contributed by atoms with Crippen LogP contribution >= 0.6 is 0 Å². The molecule has 6 aromatic rings. The Hall–Kier alpha value is -5.12. The normalized spacial score (nSPS) is 10.8. The fourth-order valence-corrected chi connectivity index (χ4v) is 5.87. The van der Waals surface area contributed by atoms with Gasteiger partial charge in [0.25, 0.3) is 0 Å². The van der Waals surface area contributed by atoms with Crippen LogP contribution in [0.5, 0.6) is 0 Å². The third-order valence-corrected chi connectivity index (χ3v) is 7.88. The van der Waals surface area contributed by atoms with Gasteiger partial charge in [0.05, 0.1) is 0 Å². The van der Waals surface area contributed by atoms with Crippen LogP contribution in [-0.4, -0.2) is 22.2 Å². The first-order chi connectivity index (χ1) is 21.5. The SMILES string of the molecule is O=C(O)C(c1ccccc1)(c1ccccc1)c1ccccc1.O=C(O)C(c1ccccc1)(c1ccccc1)c1ccccc1.[Rh]. The summed E-state index contributed by atoms with van der Waals surface area (Å²) in [5.74, 6) is -1.76. The summed E-state index contributed by atoms with van der Waals surface area (Å²) in [6.07, 6.45) is 0. The Kier molecular flexibility index (Phi) is 11.0. The summed E-state index contributed by atoms with van der Waals surface area (Å²) in [6.45, 7) is 0. The third kappa shape index (κ3) is 6.40. The number of benzene rings is 6. The number of carbonyl (C=O) groups is 2. The summed E-state index contributed by atoms with van der Waals surface area (Å²) in [5, 5.41) is 20.4. The molecule has 5 heteroatoms. The van der Waals surface area contributed by atoms with Crippen LogP contribution in [0.4, 0.5) is 0 Å². The van der Waals surface area contributed by atoms with Crippen LogP contribution in [0.15, 0.2) is 182 Å². The molecule has 1 radical (unpaired) electrons. The maximum atomic E-state index is 12.4. The van der Waals surface area contributed by atoms with Crippen molar-refractivity contribution in [2.75, 3.05) is 0 Å². The minimum Gasteiger partial charge on any atom is -0.480 e. The fraction of sp³-hybridized carbons (Fsp3) is 0.0500. The molecule has 0 unspecified atom stereocenters. The average Bonchev–Trinajstić information content (AvgIpc) is 3.08. The van der Waals surface area contributed by atoms with Gasteiger partial charge in [0.1, 0.15) is 10.8 Å². The van der Waals surface area contributed by atoms with Gasteiger partial charge in [0.2, 0.25) is 0 Å². The standard InChI is InChI=1S/2C20H16O2.Rh/c2*21-19(22)20(16-10-4-1-5-11-16,17-12-6-2-7-13-17)18-14-8-3-9-15-18;/h2*1-15H,(H,21,22);. The Morgan fingerprint density at radius 3 is 0.556 bits per heavy atom. The smallest absolute Gasteiger partial charge is 0.323 e. The Balaban J connectivity index is 0.000000200. The topological polar surface area (TPSA) is 74.6 Å². The molecule has 225 valence electrons. The number of rotatable bonds is 8. The first-order valence-corrected chi connectivity index (χ1v) is 14.3.